The van der Waals surface area contributed by atoms with E-state index in [1.165, 1.54) is 6.07 Å². The van der Waals surface area contributed by atoms with Crippen LogP contribution < -0.4 is 10.5 Å². The maximum atomic E-state index is 11.1. The molecule has 0 atom stereocenters. The minimum absolute atomic E-state index is 0.0539. The van der Waals surface area contributed by atoms with E-state index < -0.39 is 5.97 Å². The second-order valence-electron chi connectivity index (χ2n) is 3.90. The standard InChI is InChI=1S/C14H13NO3/c1-9-5-2-3-8-12(9)18-13-10(14(16)17)6-4-7-11(13)15/h2-8H,15H2,1H3,(H,16,17). The van der Waals surface area contributed by atoms with Gasteiger partial charge in [0.05, 0.1) is 5.69 Å². The molecule has 0 aliphatic carbocycles. The van der Waals surface area contributed by atoms with E-state index in [1.807, 2.05) is 25.1 Å². The Kier molecular flexibility index (Phi) is 3.19. The van der Waals surface area contributed by atoms with Crippen molar-refractivity contribution < 1.29 is 14.6 Å². The zero-order chi connectivity index (χ0) is 13.1. The number of hydrogen-bond donors (Lipinski definition) is 2. The topological polar surface area (TPSA) is 72.5 Å². The van der Waals surface area contributed by atoms with Crippen molar-refractivity contribution >= 4 is 11.7 Å². The molecule has 2 aromatic carbocycles. The third-order valence-corrected chi connectivity index (χ3v) is 2.58. The lowest BCUT2D eigenvalue weighted by Crippen LogP contribution is -2.03. The van der Waals surface area contributed by atoms with Gasteiger partial charge in [-0.1, -0.05) is 24.3 Å². The second-order valence-corrected chi connectivity index (χ2v) is 3.90. The van der Waals surface area contributed by atoms with Gasteiger partial charge in [-0.3, -0.25) is 0 Å². The number of aryl methyl sites for hydroxylation is 1. The van der Waals surface area contributed by atoms with E-state index >= 15 is 0 Å². The average molecular weight is 243 g/mol. The number of carboxylic acids is 1. The second kappa shape index (κ2) is 4.79. The Hall–Kier alpha value is -2.49. The minimum Gasteiger partial charge on any atom is -0.478 e. The van der Waals surface area contributed by atoms with Crippen LogP contribution >= 0.6 is 0 Å². The van der Waals surface area contributed by atoms with Gasteiger partial charge in [-0.15, -0.1) is 0 Å². The van der Waals surface area contributed by atoms with Crippen LogP contribution in [0, 0.1) is 6.92 Å². The van der Waals surface area contributed by atoms with Crippen LogP contribution in [0.25, 0.3) is 0 Å². The number of benzene rings is 2. The van der Waals surface area contributed by atoms with Crippen LogP contribution in [-0.4, -0.2) is 11.1 Å². The Balaban J connectivity index is 2.46. The summed E-state index contributed by atoms with van der Waals surface area (Å²) in [7, 11) is 0. The van der Waals surface area contributed by atoms with Crippen molar-refractivity contribution in [3.63, 3.8) is 0 Å². The molecule has 0 bridgehead atoms. The van der Waals surface area contributed by atoms with Crippen molar-refractivity contribution in [3.05, 3.63) is 53.6 Å². The van der Waals surface area contributed by atoms with Crippen molar-refractivity contribution in [1.29, 1.82) is 0 Å². The Bertz CT molecular complexity index is 593. The van der Waals surface area contributed by atoms with Crippen molar-refractivity contribution in [2.75, 3.05) is 5.73 Å². The predicted octanol–water partition coefficient (Wildman–Crippen LogP) is 3.07. The first-order chi connectivity index (χ1) is 8.59. The Morgan fingerprint density at radius 2 is 1.89 bits per heavy atom. The van der Waals surface area contributed by atoms with Gasteiger partial charge in [0.2, 0.25) is 0 Å². The molecular weight excluding hydrogens is 230 g/mol. The molecule has 2 aromatic rings. The van der Waals surface area contributed by atoms with Gasteiger partial charge in [0.15, 0.2) is 5.75 Å². The summed E-state index contributed by atoms with van der Waals surface area (Å²) in [5.41, 5.74) is 7.04. The smallest absolute Gasteiger partial charge is 0.339 e. The molecule has 4 heteroatoms. The number of ether oxygens (including phenoxy) is 1. The largest absolute Gasteiger partial charge is 0.478 e. The summed E-state index contributed by atoms with van der Waals surface area (Å²) in [5.74, 6) is -0.289. The zero-order valence-corrected chi connectivity index (χ0v) is 9.88. The van der Waals surface area contributed by atoms with E-state index in [9.17, 15) is 4.79 Å². The first-order valence-corrected chi connectivity index (χ1v) is 5.45. The predicted molar refractivity (Wildman–Crippen MR) is 69.1 cm³/mol. The van der Waals surface area contributed by atoms with Gasteiger partial charge >= 0.3 is 5.97 Å². The van der Waals surface area contributed by atoms with E-state index in [-0.39, 0.29) is 11.3 Å². The van der Waals surface area contributed by atoms with Crippen molar-refractivity contribution in [1.82, 2.24) is 0 Å². The summed E-state index contributed by atoms with van der Waals surface area (Å²) >= 11 is 0. The molecule has 0 unspecified atom stereocenters. The van der Waals surface area contributed by atoms with Crippen molar-refractivity contribution in [3.8, 4) is 11.5 Å². The van der Waals surface area contributed by atoms with Gasteiger partial charge in [0, 0.05) is 0 Å². The van der Waals surface area contributed by atoms with Gasteiger partial charge in [-0.25, -0.2) is 4.79 Å². The summed E-state index contributed by atoms with van der Waals surface area (Å²) in [6, 6.07) is 12.0. The minimum atomic E-state index is -1.06. The van der Waals surface area contributed by atoms with Gasteiger partial charge in [0.25, 0.3) is 0 Å². The van der Waals surface area contributed by atoms with Crippen LogP contribution in [-0.2, 0) is 0 Å². The quantitative estimate of drug-likeness (QED) is 0.812. The lowest BCUT2D eigenvalue weighted by molar-refractivity contribution is 0.0694. The van der Waals surface area contributed by atoms with Crippen LogP contribution in [0.3, 0.4) is 0 Å². The number of aromatic carboxylic acids is 1. The van der Waals surface area contributed by atoms with E-state index in [1.54, 1.807) is 18.2 Å². The summed E-state index contributed by atoms with van der Waals surface area (Å²) in [6.45, 7) is 1.88. The molecule has 18 heavy (non-hydrogen) atoms. The molecule has 0 radical (unpaired) electrons. The SMILES string of the molecule is Cc1ccccc1Oc1c(N)cccc1C(=O)O. The number of rotatable bonds is 3. The molecule has 2 rings (SSSR count). The highest BCUT2D eigenvalue weighted by Gasteiger charge is 2.15. The molecule has 0 aromatic heterocycles. The molecular formula is C14H13NO3. The van der Waals surface area contributed by atoms with E-state index in [4.69, 9.17) is 15.6 Å². The van der Waals surface area contributed by atoms with Crippen LogP contribution in [0.2, 0.25) is 0 Å². The molecule has 3 N–H and O–H groups in total. The fourth-order valence-electron chi connectivity index (χ4n) is 1.62. The Morgan fingerprint density at radius 3 is 2.56 bits per heavy atom. The molecule has 0 heterocycles. The molecule has 0 amide bonds. The van der Waals surface area contributed by atoms with Gasteiger partial charge in [-0.05, 0) is 30.7 Å². The highest BCUT2D eigenvalue weighted by molar-refractivity contribution is 5.93. The first-order valence-electron chi connectivity index (χ1n) is 5.45. The third kappa shape index (κ3) is 2.27. The monoisotopic (exact) mass is 243 g/mol. The number of carboxylic acid groups (broad SMARTS) is 1. The highest BCUT2D eigenvalue weighted by atomic mass is 16.5. The summed E-state index contributed by atoms with van der Waals surface area (Å²) in [4.78, 5) is 11.1. The summed E-state index contributed by atoms with van der Waals surface area (Å²) < 4.78 is 5.63. The normalized spacial score (nSPS) is 10.1. The maximum absolute atomic E-state index is 11.1. The first kappa shape index (κ1) is 12.0. The molecule has 0 saturated carbocycles. The van der Waals surface area contributed by atoms with Gasteiger partial charge in [-0.2, -0.15) is 0 Å². The van der Waals surface area contributed by atoms with Gasteiger partial charge < -0.3 is 15.6 Å². The molecule has 92 valence electrons. The summed E-state index contributed by atoms with van der Waals surface area (Å²) in [5, 5.41) is 9.10. The number of nitrogen functional groups attached to an aromatic ring is 1. The lowest BCUT2D eigenvalue weighted by atomic mass is 10.1. The van der Waals surface area contributed by atoms with Crippen LogP contribution in [0.1, 0.15) is 15.9 Å². The lowest BCUT2D eigenvalue weighted by Gasteiger charge is -2.12. The Morgan fingerprint density at radius 1 is 1.17 bits per heavy atom. The van der Waals surface area contributed by atoms with Crippen molar-refractivity contribution in [2.45, 2.75) is 6.92 Å². The molecule has 0 aliphatic heterocycles. The number of carbonyl (C=O) groups is 1. The van der Waals surface area contributed by atoms with E-state index in [2.05, 4.69) is 0 Å². The molecule has 0 fully saturated rings. The maximum Gasteiger partial charge on any atom is 0.339 e. The fourth-order valence-corrected chi connectivity index (χ4v) is 1.62. The highest BCUT2D eigenvalue weighted by Crippen LogP contribution is 2.32. The van der Waals surface area contributed by atoms with E-state index in [0.717, 1.165) is 5.56 Å². The zero-order valence-electron chi connectivity index (χ0n) is 9.88. The third-order valence-electron chi connectivity index (χ3n) is 2.58. The van der Waals surface area contributed by atoms with Crippen molar-refractivity contribution in [2.24, 2.45) is 0 Å². The number of hydrogen-bond acceptors (Lipinski definition) is 3. The number of nitrogens with two attached hydrogens (primary N) is 1. The summed E-state index contributed by atoms with van der Waals surface area (Å²) in [6.07, 6.45) is 0. The van der Waals surface area contributed by atoms with Gasteiger partial charge in [0.1, 0.15) is 11.3 Å². The average Bonchev–Trinajstić information content (AvgIpc) is 2.34. The van der Waals surface area contributed by atoms with Crippen LogP contribution in [0.15, 0.2) is 42.5 Å². The molecule has 0 aliphatic rings. The fraction of sp³-hybridized carbons (Fsp3) is 0.0714. The molecule has 0 saturated heterocycles. The van der Waals surface area contributed by atoms with E-state index in [0.29, 0.717) is 11.4 Å². The van der Waals surface area contributed by atoms with Crippen LogP contribution in [0.5, 0.6) is 11.5 Å². The number of para-hydroxylation sites is 2. The molecule has 4 nitrogen and oxygen atoms in total. The Labute approximate surface area is 105 Å². The van der Waals surface area contributed by atoms with Crippen LogP contribution in [0.4, 0.5) is 5.69 Å². The number of anilines is 1. The molecule has 0 spiro atoms.